The molecule has 0 fully saturated rings. The van der Waals surface area contributed by atoms with Crippen LogP contribution in [0.5, 0.6) is 0 Å². The van der Waals surface area contributed by atoms with Gasteiger partial charge < -0.3 is 15.7 Å². The van der Waals surface area contributed by atoms with E-state index in [1.165, 1.54) is 36.4 Å². The van der Waals surface area contributed by atoms with Gasteiger partial charge in [0.05, 0.1) is 4.90 Å². The van der Waals surface area contributed by atoms with Crippen molar-refractivity contribution in [3.63, 3.8) is 0 Å². The van der Waals surface area contributed by atoms with Gasteiger partial charge in [0, 0.05) is 42.4 Å². The predicted octanol–water partition coefficient (Wildman–Crippen LogP) is 2.95. The zero-order valence-electron chi connectivity index (χ0n) is 21.7. The molecule has 0 heterocycles. The molecule has 12 heteroatoms. The number of aliphatic hydroxyl groups excluding tert-OH is 1. The molecule has 0 saturated carbocycles. The molecule has 0 spiro atoms. The van der Waals surface area contributed by atoms with Crippen molar-refractivity contribution < 1.29 is 31.9 Å². The van der Waals surface area contributed by atoms with Crippen molar-refractivity contribution in [2.45, 2.75) is 42.6 Å². The summed E-state index contributed by atoms with van der Waals surface area (Å²) in [6, 6.07) is 16.5. The molecule has 0 aliphatic heterocycles. The van der Waals surface area contributed by atoms with E-state index in [1.54, 1.807) is 30.3 Å². The topological polar surface area (TPSA) is 125 Å². The van der Waals surface area contributed by atoms with Gasteiger partial charge in [-0.15, -0.1) is 0 Å². The smallest absolute Gasteiger partial charge is 0.264 e. The van der Waals surface area contributed by atoms with Crippen LogP contribution in [-0.2, 0) is 32.6 Å². The zero-order chi connectivity index (χ0) is 29.3. The molecule has 2 amide bonds. The largest absolute Gasteiger partial charge is 0.384 e. The maximum atomic E-state index is 14.9. The molecule has 0 unspecified atom stereocenters. The Morgan fingerprint density at radius 3 is 2.38 bits per heavy atom. The highest BCUT2D eigenvalue weighted by molar-refractivity contribution is 7.90. The van der Waals surface area contributed by atoms with Gasteiger partial charge in [-0.25, -0.2) is 21.9 Å². The molecule has 2 atom stereocenters. The maximum absolute atomic E-state index is 14.9. The monoisotopic (exact) mass is 591 g/mol. The first-order valence-corrected chi connectivity index (χ1v) is 14.5. The third-order valence-corrected chi connectivity index (χ3v) is 7.72. The van der Waals surface area contributed by atoms with Crippen LogP contribution >= 0.6 is 12.6 Å². The number of carbonyl (C=O) groups excluding carboxylic acids is 2. The second-order valence-electron chi connectivity index (χ2n) is 9.13. The van der Waals surface area contributed by atoms with Crippen LogP contribution < -0.4 is 15.4 Å². The number of carbonyl (C=O) groups is 2. The highest BCUT2D eigenvalue weighted by Gasteiger charge is 2.24. The van der Waals surface area contributed by atoms with E-state index in [4.69, 9.17) is 0 Å². The van der Waals surface area contributed by atoms with Gasteiger partial charge in [0.15, 0.2) is 0 Å². The van der Waals surface area contributed by atoms with E-state index in [1.807, 2.05) is 4.72 Å². The minimum Gasteiger partial charge on any atom is -0.384 e. The number of benzene rings is 3. The molecule has 0 aliphatic carbocycles. The Balaban J connectivity index is 1.52. The number of amides is 2. The number of halogens is 2. The first-order valence-electron chi connectivity index (χ1n) is 12.5. The number of nitrogens with one attached hydrogen (secondary N) is 3. The lowest BCUT2D eigenvalue weighted by atomic mass is 10.0. The van der Waals surface area contributed by atoms with E-state index in [-0.39, 0.29) is 59.1 Å². The fourth-order valence-electron chi connectivity index (χ4n) is 3.81. The molecular formula is C28H31F2N3O5S2. The van der Waals surface area contributed by atoms with Gasteiger partial charge in [0.2, 0.25) is 5.91 Å². The van der Waals surface area contributed by atoms with Crippen LogP contribution in [0.3, 0.4) is 0 Å². The lowest BCUT2D eigenvalue weighted by molar-refractivity contribution is -0.126. The zero-order valence-corrected chi connectivity index (χ0v) is 23.4. The van der Waals surface area contributed by atoms with Crippen LogP contribution in [0.2, 0.25) is 0 Å². The average molecular weight is 592 g/mol. The summed E-state index contributed by atoms with van der Waals surface area (Å²) in [6.45, 7) is 1.82. The fourth-order valence-corrected chi connectivity index (χ4v) is 5.37. The molecule has 40 heavy (non-hydrogen) atoms. The van der Waals surface area contributed by atoms with Crippen LogP contribution in [-0.4, -0.2) is 49.8 Å². The summed E-state index contributed by atoms with van der Waals surface area (Å²) in [5, 5.41) is 14.8. The number of sulfonamides is 1. The molecule has 0 aromatic heterocycles. The van der Waals surface area contributed by atoms with Gasteiger partial charge in [-0.1, -0.05) is 48.5 Å². The van der Waals surface area contributed by atoms with E-state index in [0.717, 1.165) is 6.92 Å². The van der Waals surface area contributed by atoms with Crippen LogP contribution in [0.15, 0.2) is 71.6 Å². The van der Waals surface area contributed by atoms with E-state index < -0.39 is 27.9 Å². The Morgan fingerprint density at radius 2 is 1.68 bits per heavy atom. The molecule has 0 bridgehead atoms. The summed E-state index contributed by atoms with van der Waals surface area (Å²) in [5.41, 5.74) is 1.30. The van der Waals surface area contributed by atoms with Gasteiger partial charge in [0.1, 0.15) is 17.7 Å². The van der Waals surface area contributed by atoms with Crippen molar-refractivity contribution >= 4 is 34.5 Å². The molecule has 8 nitrogen and oxygen atoms in total. The number of rotatable bonds is 13. The number of hydrogen-bond donors (Lipinski definition) is 5. The van der Waals surface area contributed by atoms with Gasteiger partial charge in [0.25, 0.3) is 15.9 Å². The molecule has 214 valence electrons. The van der Waals surface area contributed by atoms with Crippen molar-refractivity contribution in [2.24, 2.45) is 0 Å². The third-order valence-electron chi connectivity index (χ3n) is 5.95. The molecule has 0 saturated heterocycles. The quantitative estimate of drug-likeness (QED) is 0.154. The lowest BCUT2D eigenvalue weighted by Gasteiger charge is -2.14. The summed E-state index contributed by atoms with van der Waals surface area (Å²) in [4.78, 5) is 23.6. The average Bonchev–Trinajstić information content (AvgIpc) is 2.91. The van der Waals surface area contributed by atoms with Crippen LogP contribution in [0, 0.1) is 11.6 Å². The number of hydrogen-bond acceptors (Lipinski definition) is 7. The summed E-state index contributed by atoms with van der Waals surface area (Å²) in [7, 11) is -4.31. The van der Waals surface area contributed by atoms with E-state index in [2.05, 4.69) is 23.3 Å². The molecule has 3 aromatic carbocycles. The lowest BCUT2D eigenvalue weighted by Crippen LogP contribution is -2.37. The highest BCUT2D eigenvalue weighted by atomic mass is 32.2. The van der Waals surface area contributed by atoms with Crippen molar-refractivity contribution in [1.82, 2.24) is 15.4 Å². The van der Waals surface area contributed by atoms with E-state index in [9.17, 15) is 31.9 Å². The molecule has 0 aliphatic rings. The predicted molar refractivity (Wildman–Crippen MR) is 151 cm³/mol. The minimum atomic E-state index is -4.31. The first-order chi connectivity index (χ1) is 19.0. The Labute approximate surface area is 237 Å². The van der Waals surface area contributed by atoms with Crippen LogP contribution in [0.25, 0.3) is 11.1 Å². The third kappa shape index (κ3) is 8.85. The van der Waals surface area contributed by atoms with Crippen LogP contribution in [0.4, 0.5) is 8.78 Å². The summed E-state index contributed by atoms with van der Waals surface area (Å²) >= 11 is 4.41. The molecule has 4 N–H and O–H groups in total. The molecular weight excluding hydrogens is 560 g/mol. The SMILES string of the molecule is C[C@H](O)C(=O)NS(=O)(=O)c1ccccc1-c1ccc(CNCCC(=O)NC[C@H](S)Cc2ccccc2F)c(F)c1. The second kappa shape index (κ2) is 14.4. The Kier molecular flexibility index (Phi) is 11.2. The van der Waals surface area contributed by atoms with E-state index >= 15 is 0 Å². The van der Waals surface area contributed by atoms with Gasteiger partial charge in [-0.3, -0.25) is 9.59 Å². The fraction of sp³-hybridized carbons (Fsp3) is 0.286. The molecule has 0 radical (unpaired) electrons. The number of thiol groups is 1. The minimum absolute atomic E-state index is 0.131. The summed E-state index contributed by atoms with van der Waals surface area (Å²) in [6.07, 6.45) is -1.01. The number of aliphatic hydroxyl groups is 1. The normalized spacial score (nSPS) is 12.9. The first kappa shape index (κ1) is 31.2. The molecule has 3 aromatic rings. The highest BCUT2D eigenvalue weighted by Crippen LogP contribution is 2.28. The Bertz CT molecular complexity index is 1450. The van der Waals surface area contributed by atoms with Gasteiger partial charge in [-0.05, 0) is 42.7 Å². The van der Waals surface area contributed by atoms with Crippen molar-refractivity contribution in [3.8, 4) is 11.1 Å². The van der Waals surface area contributed by atoms with Gasteiger partial charge >= 0.3 is 0 Å². The van der Waals surface area contributed by atoms with Crippen molar-refractivity contribution in [2.75, 3.05) is 13.1 Å². The maximum Gasteiger partial charge on any atom is 0.264 e. The van der Waals surface area contributed by atoms with Crippen molar-refractivity contribution in [3.05, 3.63) is 89.5 Å². The summed E-state index contributed by atoms with van der Waals surface area (Å²) in [5.74, 6) is -2.20. The van der Waals surface area contributed by atoms with Crippen molar-refractivity contribution in [1.29, 1.82) is 0 Å². The molecule has 3 rings (SSSR count). The Hall–Kier alpha value is -3.32. The summed E-state index contributed by atoms with van der Waals surface area (Å²) < 4.78 is 55.8. The Morgan fingerprint density at radius 1 is 0.975 bits per heavy atom. The van der Waals surface area contributed by atoms with Gasteiger partial charge in [-0.2, -0.15) is 12.6 Å². The second-order valence-corrected chi connectivity index (χ2v) is 11.5. The van der Waals surface area contributed by atoms with Crippen LogP contribution in [0.1, 0.15) is 24.5 Å². The standard InChI is InChI=1S/C28H31F2N3O5S2/c1-18(34)28(36)33-40(37,38)26-9-5-3-7-23(26)19-10-11-21(25(30)15-19)16-31-13-12-27(35)32-17-22(39)14-20-6-2-4-8-24(20)29/h2-11,15,18,22,31,34,39H,12-14,16-17H2,1H3,(H,32,35)(H,33,36)/t18-,22+/m0/s1. The van der Waals surface area contributed by atoms with E-state index in [0.29, 0.717) is 17.5 Å².